The number of benzene rings is 2. The topological polar surface area (TPSA) is 62.3 Å². The van der Waals surface area contributed by atoms with Crippen LogP contribution in [0.5, 0.6) is 0 Å². The van der Waals surface area contributed by atoms with Crippen LogP contribution in [-0.2, 0) is 11.2 Å². The van der Waals surface area contributed by atoms with Gasteiger partial charge in [0.1, 0.15) is 0 Å². The molecule has 1 N–H and O–H groups in total. The molecule has 3 aromatic rings. The van der Waals surface area contributed by atoms with Gasteiger partial charge in [-0.3, -0.25) is 14.6 Å². The predicted octanol–water partition coefficient (Wildman–Crippen LogP) is 4.66. The zero-order valence-electron chi connectivity index (χ0n) is 18.7. The molecule has 168 valence electrons. The number of hydrogen-bond acceptors (Lipinski definition) is 3. The summed E-state index contributed by atoms with van der Waals surface area (Å²) in [6, 6.07) is 21.4. The Hall–Kier alpha value is -3.47. The van der Waals surface area contributed by atoms with Gasteiger partial charge < -0.3 is 10.2 Å². The molecule has 0 radical (unpaired) electrons. The molecule has 5 rings (SSSR count). The van der Waals surface area contributed by atoms with Gasteiger partial charge in [0.2, 0.25) is 5.91 Å². The Morgan fingerprint density at radius 3 is 2.48 bits per heavy atom. The Morgan fingerprint density at radius 1 is 0.970 bits per heavy atom. The molecule has 2 amide bonds. The van der Waals surface area contributed by atoms with E-state index in [1.807, 2.05) is 59.5 Å². The van der Waals surface area contributed by atoms with Gasteiger partial charge in [-0.1, -0.05) is 67.4 Å². The summed E-state index contributed by atoms with van der Waals surface area (Å²) in [5, 5.41) is 3.17. The highest BCUT2D eigenvalue weighted by atomic mass is 16.2. The summed E-state index contributed by atoms with van der Waals surface area (Å²) >= 11 is 0. The molecular formula is C28H29N3O2. The van der Waals surface area contributed by atoms with Gasteiger partial charge in [-0.25, -0.2) is 0 Å². The van der Waals surface area contributed by atoms with Crippen LogP contribution in [0, 0.1) is 0 Å². The third kappa shape index (κ3) is 4.28. The van der Waals surface area contributed by atoms with Gasteiger partial charge >= 0.3 is 0 Å². The minimum atomic E-state index is -0.473. The third-order valence-electron chi connectivity index (χ3n) is 6.96. The normalized spacial score (nSPS) is 20.5. The van der Waals surface area contributed by atoms with Crippen molar-refractivity contribution in [1.29, 1.82) is 0 Å². The molecule has 2 aromatic carbocycles. The number of rotatable bonds is 6. The van der Waals surface area contributed by atoms with Gasteiger partial charge in [0.15, 0.2) is 0 Å². The minimum absolute atomic E-state index is 0.0275. The molecule has 2 heterocycles. The monoisotopic (exact) mass is 439 g/mol. The van der Waals surface area contributed by atoms with Crippen LogP contribution in [0.1, 0.15) is 64.7 Å². The second kappa shape index (κ2) is 9.57. The van der Waals surface area contributed by atoms with Gasteiger partial charge in [-0.15, -0.1) is 0 Å². The predicted molar refractivity (Wildman–Crippen MR) is 128 cm³/mol. The molecule has 2 aliphatic rings. The maximum atomic E-state index is 13.7. The van der Waals surface area contributed by atoms with E-state index in [9.17, 15) is 9.59 Å². The number of nitrogens with one attached hydrogen (secondary N) is 1. The molecule has 0 spiro atoms. The first-order chi connectivity index (χ1) is 16.2. The van der Waals surface area contributed by atoms with E-state index in [-0.39, 0.29) is 23.9 Å². The number of hydrogen-bond donors (Lipinski definition) is 1. The number of amides is 2. The molecule has 2 unspecified atom stereocenters. The van der Waals surface area contributed by atoms with Crippen molar-refractivity contribution >= 4 is 11.8 Å². The van der Waals surface area contributed by atoms with Crippen LogP contribution in [-0.4, -0.2) is 34.3 Å². The Bertz CT molecular complexity index is 1110. The van der Waals surface area contributed by atoms with Crippen LogP contribution < -0.4 is 5.32 Å². The summed E-state index contributed by atoms with van der Waals surface area (Å²) in [4.78, 5) is 33.8. The lowest BCUT2D eigenvalue weighted by Gasteiger charge is -2.44. The standard InChI is InChI=1S/C28H29N3O2/c32-27(30-18-16-20-9-2-1-3-10-20)25-23-14-6-7-15-24(23)28(33)31(22-12-4-5-13-22)26(25)21-11-8-17-29-19-21/h1-3,6-11,14-15,17,19,22,25-26H,4-5,12-13,16,18H2,(H,30,32). The summed E-state index contributed by atoms with van der Waals surface area (Å²) < 4.78 is 0. The van der Waals surface area contributed by atoms with Gasteiger partial charge in [0.25, 0.3) is 5.91 Å². The Morgan fingerprint density at radius 2 is 1.73 bits per heavy atom. The Kier molecular flexibility index (Phi) is 6.20. The first kappa shape index (κ1) is 21.4. The molecular weight excluding hydrogens is 410 g/mol. The van der Waals surface area contributed by atoms with E-state index in [4.69, 9.17) is 0 Å². The van der Waals surface area contributed by atoms with Gasteiger partial charge in [-0.05, 0) is 48.1 Å². The second-order valence-corrected chi connectivity index (χ2v) is 8.97. The lowest BCUT2D eigenvalue weighted by atomic mass is 9.78. The Labute approximate surface area is 194 Å². The van der Waals surface area contributed by atoms with Gasteiger partial charge in [0.05, 0.1) is 12.0 Å². The minimum Gasteiger partial charge on any atom is -0.355 e. The molecule has 1 aliphatic carbocycles. The summed E-state index contributed by atoms with van der Waals surface area (Å²) in [5.74, 6) is -0.484. The Balaban J connectivity index is 1.51. The second-order valence-electron chi connectivity index (χ2n) is 8.97. The lowest BCUT2D eigenvalue weighted by molar-refractivity contribution is -0.124. The van der Waals surface area contributed by atoms with E-state index in [0.717, 1.165) is 43.2 Å². The van der Waals surface area contributed by atoms with Crippen LogP contribution in [0.3, 0.4) is 0 Å². The average Bonchev–Trinajstić information content (AvgIpc) is 3.39. The SMILES string of the molecule is O=C(NCCc1ccccc1)C1c2ccccc2C(=O)N(C2CCCC2)C1c1cccnc1. The number of pyridine rings is 1. The van der Waals surface area contributed by atoms with Gasteiger partial charge in [-0.2, -0.15) is 0 Å². The number of nitrogens with zero attached hydrogens (tertiary/aromatic N) is 2. The highest BCUT2D eigenvalue weighted by molar-refractivity contribution is 6.01. The molecule has 0 bridgehead atoms. The molecule has 5 nitrogen and oxygen atoms in total. The third-order valence-corrected chi connectivity index (χ3v) is 6.96. The molecule has 0 saturated heterocycles. The quantitative estimate of drug-likeness (QED) is 0.607. The fourth-order valence-electron chi connectivity index (χ4n) is 5.41. The summed E-state index contributed by atoms with van der Waals surface area (Å²) in [6.45, 7) is 0.554. The van der Waals surface area contributed by atoms with E-state index < -0.39 is 5.92 Å². The fraction of sp³-hybridized carbons (Fsp3) is 0.321. The summed E-state index contributed by atoms with van der Waals surface area (Å²) in [5.41, 5.74) is 3.56. The average molecular weight is 440 g/mol. The van der Waals surface area contributed by atoms with Gasteiger partial charge in [0, 0.05) is 30.5 Å². The van der Waals surface area contributed by atoms with E-state index in [2.05, 4.69) is 22.4 Å². The number of aromatic nitrogens is 1. The van der Waals surface area contributed by atoms with Crippen molar-refractivity contribution in [3.63, 3.8) is 0 Å². The van der Waals surface area contributed by atoms with Crippen molar-refractivity contribution in [3.8, 4) is 0 Å². The van der Waals surface area contributed by atoms with Crippen LogP contribution in [0.4, 0.5) is 0 Å². The van der Waals surface area contributed by atoms with Crippen molar-refractivity contribution in [2.75, 3.05) is 6.54 Å². The van der Waals surface area contributed by atoms with Crippen LogP contribution in [0.25, 0.3) is 0 Å². The highest BCUT2D eigenvalue weighted by Gasteiger charge is 2.46. The molecule has 5 heteroatoms. The van der Waals surface area contributed by atoms with Crippen LogP contribution >= 0.6 is 0 Å². The van der Waals surface area contributed by atoms with Crippen molar-refractivity contribution in [2.24, 2.45) is 0 Å². The van der Waals surface area contributed by atoms with Crippen molar-refractivity contribution in [2.45, 2.75) is 50.1 Å². The first-order valence-corrected chi connectivity index (χ1v) is 11.9. The zero-order chi connectivity index (χ0) is 22.6. The molecule has 1 aliphatic heterocycles. The number of carbonyl (C=O) groups is 2. The van der Waals surface area contributed by atoms with Crippen molar-refractivity contribution in [1.82, 2.24) is 15.2 Å². The zero-order valence-corrected chi connectivity index (χ0v) is 18.7. The van der Waals surface area contributed by atoms with E-state index in [0.29, 0.717) is 12.1 Å². The van der Waals surface area contributed by atoms with Crippen LogP contribution in [0.2, 0.25) is 0 Å². The fourth-order valence-corrected chi connectivity index (χ4v) is 5.41. The van der Waals surface area contributed by atoms with E-state index in [1.54, 1.807) is 12.4 Å². The largest absolute Gasteiger partial charge is 0.355 e. The maximum Gasteiger partial charge on any atom is 0.254 e. The smallest absolute Gasteiger partial charge is 0.254 e. The first-order valence-electron chi connectivity index (χ1n) is 11.9. The van der Waals surface area contributed by atoms with Crippen molar-refractivity contribution in [3.05, 3.63) is 101 Å². The number of carbonyl (C=O) groups excluding carboxylic acids is 2. The maximum absolute atomic E-state index is 13.7. The van der Waals surface area contributed by atoms with E-state index in [1.165, 1.54) is 5.56 Å². The number of fused-ring (bicyclic) bond motifs is 1. The summed E-state index contributed by atoms with van der Waals surface area (Å²) in [6.07, 6.45) is 8.49. The molecule has 1 saturated carbocycles. The lowest BCUT2D eigenvalue weighted by Crippen LogP contribution is -2.51. The molecule has 1 aromatic heterocycles. The molecule has 1 fully saturated rings. The molecule has 2 atom stereocenters. The van der Waals surface area contributed by atoms with E-state index >= 15 is 0 Å². The van der Waals surface area contributed by atoms with Crippen molar-refractivity contribution < 1.29 is 9.59 Å². The highest BCUT2D eigenvalue weighted by Crippen LogP contribution is 2.45. The summed E-state index contributed by atoms with van der Waals surface area (Å²) in [7, 11) is 0. The van der Waals surface area contributed by atoms with Crippen LogP contribution in [0.15, 0.2) is 79.1 Å². The molecule has 33 heavy (non-hydrogen) atoms.